The molecule has 0 radical (unpaired) electrons. The highest BCUT2D eigenvalue weighted by molar-refractivity contribution is 7.60. The smallest absolute Gasteiger partial charge is 0.321 e. The molecule has 0 heterocycles. The molecule has 12 heavy (non-hydrogen) atoms. The molecule has 0 amide bonds. The average molecular weight is 188 g/mol. The van der Waals surface area contributed by atoms with E-state index in [9.17, 15) is 4.57 Å². The van der Waals surface area contributed by atoms with Crippen molar-refractivity contribution < 1.29 is 14.4 Å². The van der Waals surface area contributed by atoms with Crippen molar-refractivity contribution in [3.05, 3.63) is 30.3 Å². The fourth-order valence-corrected chi connectivity index (χ4v) is 1.18. The third-order valence-corrected chi connectivity index (χ3v) is 2.06. The molecule has 0 saturated heterocycles. The van der Waals surface area contributed by atoms with Gasteiger partial charge >= 0.3 is 7.60 Å². The van der Waals surface area contributed by atoms with Crippen molar-refractivity contribution in [1.82, 2.24) is 0 Å². The Morgan fingerprint density at radius 2 is 1.50 bits per heavy atom. The molecule has 68 valence electrons. The molecular formula is C8H13O3P. The summed E-state index contributed by atoms with van der Waals surface area (Å²) in [6.07, 6.45) is 0. The van der Waals surface area contributed by atoms with E-state index in [1.165, 1.54) is 12.1 Å². The van der Waals surface area contributed by atoms with Crippen LogP contribution < -0.4 is 5.30 Å². The van der Waals surface area contributed by atoms with E-state index in [2.05, 4.69) is 0 Å². The van der Waals surface area contributed by atoms with Gasteiger partial charge in [0, 0.05) is 0 Å². The molecule has 0 atom stereocenters. The van der Waals surface area contributed by atoms with E-state index in [0.717, 1.165) is 0 Å². The predicted octanol–water partition coefficient (Wildman–Crippen LogP) is 1.52. The van der Waals surface area contributed by atoms with E-state index in [1.807, 2.05) is 13.8 Å². The molecule has 0 aliphatic rings. The van der Waals surface area contributed by atoms with Gasteiger partial charge in [-0.3, -0.25) is 4.57 Å². The Hall–Kier alpha value is -0.630. The van der Waals surface area contributed by atoms with E-state index >= 15 is 0 Å². The van der Waals surface area contributed by atoms with Crippen molar-refractivity contribution in [2.75, 3.05) is 0 Å². The Labute approximate surface area is 72.2 Å². The Morgan fingerprint density at radius 1 is 1.08 bits per heavy atom. The van der Waals surface area contributed by atoms with Gasteiger partial charge in [-0.15, -0.1) is 0 Å². The maximum atomic E-state index is 10.5. The van der Waals surface area contributed by atoms with E-state index < -0.39 is 7.60 Å². The minimum absolute atomic E-state index is 0.0648. The molecule has 1 aromatic carbocycles. The summed E-state index contributed by atoms with van der Waals surface area (Å²) in [5, 5.41) is 0.0648. The van der Waals surface area contributed by atoms with Crippen LogP contribution in [0.3, 0.4) is 0 Å². The van der Waals surface area contributed by atoms with Crippen molar-refractivity contribution in [3.63, 3.8) is 0 Å². The van der Waals surface area contributed by atoms with Crippen molar-refractivity contribution in [3.8, 4) is 0 Å². The van der Waals surface area contributed by atoms with Crippen LogP contribution in [-0.2, 0) is 4.57 Å². The summed E-state index contributed by atoms with van der Waals surface area (Å²) >= 11 is 0. The Balaban J connectivity index is 0.000000561. The average Bonchev–Trinajstić information content (AvgIpc) is 2.08. The molecule has 4 heteroatoms. The lowest BCUT2D eigenvalue weighted by Crippen LogP contribution is -2.01. The Morgan fingerprint density at radius 3 is 1.75 bits per heavy atom. The van der Waals surface area contributed by atoms with Gasteiger partial charge in [0.15, 0.2) is 0 Å². The van der Waals surface area contributed by atoms with Gasteiger partial charge in [0.05, 0.1) is 5.30 Å². The lowest BCUT2D eigenvalue weighted by Gasteiger charge is -2.00. The van der Waals surface area contributed by atoms with E-state index in [-0.39, 0.29) is 5.30 Å². The van der Waals surface area contributed by atoms with Crippen molar-refractivity contribution in [2.24, 2.45) is 0 Å². The van der Waals surface area contributed by atoms with Crippen LogP contribution in [0.15, 0.2) is 30.3 Å². The molecule has 0 bridgehead atoms. The highest BCUT2D eigenvalue weighted by Gasteiger charge is 2.14. The normalized spacial score (nSPS) is 10.0. The largest absolute Gasteiger partial charge is 0.356 e. The van der Waals surface area contributed by atoms with Crippen molar-refractivity contribution in [2.45, 2.75) is 13.8 Å². The summed E-state index contributed by atoms with van der Waals surface area (Å²) in [6, 6.07) is 7.70. The zero-order valence-corrected chi connectivity index (χ0v) is 8.03. The second-order valence-corrected chi connectivity index (χ2v) is 3.48. The molecular weight excluding hydrogens is 175 g/mol. The second kappa shape index (κ2) is 5.09. The van der Waals surface area contributed by atoms with E-state index in [0.29, 0.717) is 0 Å². The first-order valence-corrected chi connectivity index (χ1v) is 5.33. The molecule has 0 fully saturated rings. The fraction of sp³-hybridized carbons (Fsp3) is 0.250. The standard InChI is InChI=1S/C6H7O3P.C2H6/c7-10(8,9)6-4-2-1-3-5-6;1-2/h1-5H,(H2,7,8,9);1-2H3. The highest BCUT2D eigenvalue weighted by atomic mass is 31.2. The van der Waals surface area contributed by atoms with Crippen LogP contribution in [0.1, 0.15) is 13.8 Å². The number of hydrogen-bond donors (Lipinski definition) is 2. The van der Waals surface area contributed by atoms with E-state index in [4.69, 9.17) is 9.79 Å². The molecule has 0 spiro atoms. The highest BCUT2D eigenvalue weighted by Crippen LogP contribution is 2.32. The van der Waals surface area contributed by atoms with E-state index in [1.54, 1.807) is 18.2 Å². The van der Waals surface area contributed by atoms with Crippen molar-refractivity contribution >= 4 is 12.9 Å². The lowest BCUT2D eigenvalue weighted by molar-refractivity contribution is 0.387. The predicted molar refractivity (Wildman–Crippen MR) is 49.5 cm³/mol. The maximum Gasteiger partial charge on any atom is 0.356 e. The molecule has 0 aromatic heterocycles. The van der Waals surface area contributed by atoms with Gasteiger partial charge in [0.2, 0.25) is 0 Å². The van der Waals surface area contributed by atoms with Crippen LogP contribution in [0, 0.1) is 0 Å². The van der Waals surface area contributed by atoms with Gasteiger partial charge in [-0.1, -0.05) is 32.0 Å². The first-order chi connectivity index (χ1) is 5.61. The summed E-state index contributed by atoms with van der Waals surface area (Å²) in [5.41, 5.74) is 0. The Kier molecular flexibility index (Phi) is 4.83. The summed E-state index contributed by atoms with van der Waals surface area (Å²) in [7, 11) is -4.02. The number of rotatable bonds is 1. The summed E-state index contributed by atoms with van der Waals surface area (Å²) in [6.45, 7) is 4.00. The molecule has 2 N–H and O–H groups in total. The quantitative estimate of drug-likeness (QED) is 0.657. The van der Waals surface area contributed by atoms with Gasteiger partial charge < -0.3 is 9.79 Å². The number of hydrogen-bond acceptors (Lipinski definition) is 1. The molecule has 0 aliphatic heterocycles. The van der Waals surface area contributed by atoms with Gasteiger partial charge in [0.1, 0.15) is 0 Å². The summed E-state index contributed by atoms with van der Waals surface area (Å²) < 4.78 is 10.5. The summed E-state index contributed by atoms with van der Waals surface area (Å²) in [5.74, 6) is 0. The first-order valence-electron chi connectivity index (χ1n) is 3.72. The molecule has 0 aliphatic carbocycles. The molecule has 1 aromatic rings. The minimum Gasteiger partial charge on any atom is -0.321 e. The Bertz CT molecular complexity index is 252. The van der Waals surface area contributed by atoms with Crippen LogP contribution in [0.4, 0.5) is 0 Å². The third-order valence-electron chi connectivity index (χ3n) is 1.09. The zero-order chi connectivity index (χ0) is 9.61. The maximum absolute atomic E-state index is 10.5. The topological polar surface area (TPSA) is 57.5 Å². The van der Waals surface area contributed by atoms with Gasteiger partial charge in [-0.2, -0.15) is 0 Å². The molecule has 3 nitrogen and oxygen atoms in total. The fourth-order valence-electron chi connectivity index (χ4n) is 0.622. The van der Waals surface area contributed by atoms with Crippen LogP contribution in [0.2, 0.25) is 0 Å². The third kappa shape index (κ3) is 3.67. The molecule has 1 rings (SSSR count). The zero-order valence-electron chi connectivity index (χ0n) is 7.14. The summed E-state index contributed by atoms with van der Waals surface area (Å²) in [4.78, 5) is 17.2. The van der Waals surface area contributed by atoms with Crippen LogP contribution in [0.25, 0.3) is 0 Å². The monoisotopic (exact) mass is 188 g/mol. The van der Waals surface area contributed by atoms with Crippen LogP contribution in [-0.4, -0.2) is 9.79 Å². The SMILES string of the molecule is CC.O=P(O)(O)c1ccccc1. The lowest BCUT2D eigenvalue weighted by atomic mass is 10.4. The van der Waals surface area contributed by atoms with Crippen molar-refractivity contribution in [1.29, 1.82) is 0 Å². The first kappa shape index (κ1) is 11.4. The van der Waals surface area contributed by atoms with Gasteiger partial charge in [-0.25, -0.2) is 0 Å². The minimum atomic E-state index is -4.02. The second-order valence-electron chi connectivity index (χ2n) is 1.88. The molecule has 0 unspecified atom stereocenters. The molecule has 0 saturated carbocycles. The van der Waals surface area contributed by atoms with Gasteiger partial charge in [0.25, 0.3) is 0 Å². The van der Waals surface area contributed by atoms with Crippen LogP contribution >= 0.6 is 7.60 Å². The number of benzene rings is 1. The van der Waals surface area contributed by atoms with Crippen LogP contribution in [0.5, 0.6) is 0 Å². The van der Waals surface area contributed by atoms with Gasteiger partial charge in [-0.05, 0) is 12.1 Å².